The van der Waals surface area contributed by atoms with Crippen molar-refractivity contribution in [1.29, 1.82) is 0 Å². The first-order valence-corrected chi connectivity index (χ1v) is 5.42. The van der Waals surface area contributed by atoms with Crippen LogP contribution in [0.2, 0.25) is 0 Å². The third kappa shape index (κ3) is 2.12. The molecule has 1 fully saturated rings. The normalized spacial score (nSPS) is 37.1. The number of nitrogens with zero attached hydrogens (tertiary/aromatic N) is 1. The highest BCUT2D eigenvalue weighted by atomic mass is 16.6. The van der Waals surface area contributed by atoms with Crippen LogP contribution in [0.15, 0.2) is 24.0 Å². The first-order valence-electron chi connectivity index (χ1n) is 5.42. The highest BCUT2D eigenvalue weighted by Gasteiger charge is 2.45. The SMILES string of the molecule is O=CC1=CCC=CN1[C@@H]1O[C@H](CO)C(O)C1O. The van der Waals surface area contributed by atoms with Crippen LogP contribution in [0.1, 0.15) is 6.42 Å². The van der Waals surface area contributed by atoms with E-state index in [0.717, 1.165) is 0 Å². The molecule has 94 valence electrons. The van der Waals surface area contributed by atoms with Gasteiger partial charge in [-0.05, 0) is 6.42 Å². The second-order valence-corrected chi connectivity index (χ2v) is 4.00. The number of aliphatic hydroxyl groups is 3. The number of rotatable bonds is 3. The molecule has 0 radical (unpaired) electrons. The number of aldehydes is 1. The lowest BCUT2D eigenvalue weighted by molar-refractivity contribution is -0.109. The maximum absolute atomic E-state index is 10.9. The van der Waals surface area contributed by atoms with Crippen LogP contribution in [0.4, 0.5) is 0 Å². The smallest absolute Gasteiger partial charge is 0.166 e. The van der Waals surface area contributed by atoms with E-state index in [4.69, 9.17) is 9.84 Å². The second-order valence-electron chi connectivity index (χ2n) is 4.00. The molecule has 17 heavy (non-hydrogen) atoms. The van der Waals surface area contributed by atoms with Crippen LogP contribution in [0.5, 0.6) is 0 Å². The lowest BCUT2D eigenvalue weighted by atomic mass is 10.1. The Morgan fingerprint density at radius 3 is 2.82 bits per heavy atom. The lowest BCUT2D eigenvalue weighted by Gasteiger charge is -2.30. The molecule has 2 unspecified atom stereocenters. The van der Waals surface area contributed by atoms with Gasteiger partial charge >= 0.3 is 0 Å². The summed E-state index contributed by atoms with van der Waals surface area (Å²) >= 11 is 0. The summed E-state index contributed by atoms with van der Waals surface area (Å²) in [5.74, 6) is 0. The van der Waals surface area contributed by atoms with Gasteiger partial charge in [-0.1, -0.05) is 12.2 Å². The summed E-state index contributed by atoms with van der Waals surface area (Å²) in [6, 6.07) is 0. The van der Waals surface area contributed by atoms with Crippen LogP contribution in [0.25, 0.3) is 0 Å². The van der Waals surface area contributed by atoms with Gasteiger partial charge in [-0.15, -0.1) is 0 Å². The van der Waals surface area contributed by atoms with Crippen LogP contribution < -0.4 is 0 Å². The van der Waals surface area contributed by atoms with Crippen molar-refractivity contribution in [1.82, 2.24) is 4.90 Å². The van der Waals surface area contributed by atoms with Crippen molar-refractivity contribution >= 4 is 6.29 Å². The minimum absolute atomic E-state index is 0.377. The largest absolute Gasteiger partial charge is 0.394 e. The molecule has 3 N–H and O–H groups in total. The van der Waals surface area contributed by atoms with Crippen LogP contribution in [0.3, 0.4) is 0 Å². The zero-order valence-electron chi connectivity index (χ0n) is 9.14. The predicted molar refractivity (Wildman–Crippen MR) is 57.5 cm³/mol. The number of allylic oxidation sites excluding steroid dienone is 3. The molecule has 2 rings (SSSR count). The van der Waals surface area contributed by atoms with Gasteiger partial charge in [0.15, 0.2) is 12.5 Å². The first-order chi connectivity index (χ1) is 8.19. The van der Waals surface area contributed by atoms with Crippen molar-refractivity contribution < 1.29 is 24.9 Å². The lowest BCUT2D eigenvalue weighted by Crippen LogP contribution is -2.41. The van der Waals surface area contributed by atoms with E-state index in [9.17, 15) is 15.0 Å². The van der Waals surface area contributed by atoms with Crippen molar-refractivity contribution in [3.8, 4) is 0 Å². The Bertz CT molecular complexity index is 354. The average molecular weight is 241 g/mol. The summed E-state index contributed by atoms with van der Waals surface area (Å²) in [5, 5.41) is 28.4. The van der Waals surface area contributed by atoms with Gasteiger partial charge in [0.05, 0.1) is 12.3 Å². The van der Waals surface area contributed by atoms with E-state index in [0.29, 0.717) is 18.4 Å². The van der Waals surface area contributed by atoms with E-state index in [-0.39, 0.29) is 6.61 Å². The van der Waals surface area contributed by atoms with Crippen LogP contribution in [-0.4, -0.2) is 57.7 Å². The summed E-state index contributed by atoms with van der Waals surface area (Å²) in [6.07, 6.45) is 2.42. The number of aliphatic hydroxyl groups excluding tert-OH is 3. The van der Waals surface area contributed by atoms with Gasteiger partial charge in [-0.2, -0.15) is 0 Å². The van der Waals surface area contributed by atoms with Gasteiger partial charge in [0.25, 0.3) is 0 Å². The van der Waals surface area contributed by atoms with Crippen molar-refractivity contribution in [2.75, 3.05) is 6.61 Å². The summed E-state index contributed by atoms with van der Waals surface area (Å²) < 4.78 is 5.33. The molecule has 6 nitrogen and oxygen atoms in total. The van der Waals surface area contributed by atoms with Crippen molar-refractivity contribution in [3.05, 3.63) is 24.0 Å². The molecule has 4 atom stereocenters. The highest BCUT2D eigenvalue weighted by molar-refractivity contribution is 5.73. The fraction of sp³-hybridized carbons (Fsp3) is 0.545. The topological polar surface area (TPSA) is 90.2 Å². The molecule has 0 aromatic carbocycles. The Morgan fingerprint density at radius 2 is 2.24 bits per heavy atom. The number of ether oxygens (including phenoxy) is 1. The summed E-state index contributed by atoms with van der Waals surface area (Å²) in [5.41, 5.74) is 0.377. The first kappa shape index (κ1) is 12.3. The zero-order valence-corrected chi connectivity index (χ0v) is 9.14. The average Bonchev–Trinajstić information content (AvgIpc) is 2.66. The Balaban J connectivity index is 2.17. The van der Waals surface area contributed by atoms with Crippen molar-refractivity contribution in [2.45, 2.75) is 31.0 Å². The standard InChI is InChI=1S/C11H15NO5/c13-5-7-3-1-2-4-12(7)11-10(16)9(15)8(6-14)17-11/h2-5,8-11,14-16H,1,6H2/t8-,9?,10?,11-/m1/s1. The molecule has 1 saturated heterocycles. The molecular weight excluding hydrogens is 226 g/mol. The van der Waals surface area contributed by atoms with Gasteiger partial charge in [-0.3, -0.25) is 4.79 Å². The minimum Gasteiger partial charge on any atom is -0.394 e. The van der Waals surface area contributed by atoms with E-state index < -0.39 is 24.5 Å². The molecular formula is C11H15NO5. The Labute approximate surface area is 98.4 Å². The Morgan fingerprint density at radius 1 is 1.47 bits per heavy atom. The van der Waals surface area contributed by atoms with E-state index >= 15 is 0 Å². The number of carbonyl (C=O) groups excluding carboxylic acids is 1. The number of hydrogen-bond donors (Lipinski definition) is 3. The monoisotopic (exact) mass is 241 g/mol. The third-order valence-electron chi connectivity index (χ3n) is 2.94. The summed E-state index contributed by atoms with van der Waals surface area (Å²) in [7, 11) is 0. The van der Waals surface area contributed by atoms with Crippen LogP contribution in [-0.2, 0) is 9.53 Å². The second kappa shape index (κ2) is 4.97. The molecule has 2 heterocycles. The molecule has 0 aliphatic carbocycles. The maximum atomic E-state index is 10.9. The molecule has 0 spiro atoms. The molecule has 0 saturated carbocycles. The summed E-state index contributed by atoms with van der Waals surface area (Å²) in [6.45, 7) is -0.383. The molecule has 6 heteroatoms. The summed E-state index contributed by atoms with van der Waals surface area (Å²) in [4.78, 5) is 12.3. The van der Waals surface area contributed by atoms with Crippen LogP contribution >= 0.6 is 0 Å². The number of hydrogen-bond acceptors (Lipinski definition) is 6. The Kier molecular flexibility index (Phi) is 3.58. The van der Waals surface area contributed by atoms with Gasteiger partial charge in [0.1, 0.15) is 18.3 Å². The number of carbonyl (C=O) groups is 1. The van der Waals surface area contributed by atoms with Gasteiger partial charge in [-0.25, -0.2) is 0 Å². The predicted octanol–water partition coefficient (Wildman–Crippen LogP) is -1.27. The molecule has 2 aliphatic rings. The van der Waals surface area contributed by atoms with Gasteiger partial charge < -0.3 is 25.0 Å². The van der Waals surface area contributed by atoms with Crippen LogP contribution in [0, 0.1) is 0 Å². The zero-order chi connectivity index (χ0) is 12.4. The van der Waals surface area contributed by atoms with Crippen molar-refractivity contribution in [2.24, 2.45) is 0 Å². The molecule has 0 aromatic heterocycles. The fourth-order valence-corrected chi connectivity index (χ4v) is 2.01. The van der Waals surface area contributed by atoms with E-state index in [2.05, 4.69) is 0 Å². The minimum atomic E-state index is -1.17. The molecule has 0 aromatic rings. The maximum Gasteiger partial charge on any atom is 0.166 e. The quantitative estimate of drug-likeness (QED) is 0.534. The van der Waals surface area contributed by atoms with E-state index in [1.54, 1.807) is 12.3 Å². The third-order valence-corrected chi connectivity index (χ3v) is 2.94. The Hall–Kier alpha value is -1.21. The van der Waals surface area contributed by atoms with E-state index in [1.165, 1.54) is 4.90 Å². The molecule has 0 amide bonds. The molecule has 0 bridgehead atoms. The molecule has 2 aliphatic heterocycles. The van der Waals surface area contributed by atoms with Gasteiger partial charge in [0.2, 0.25) is 0 Å². The van der Waals surface area contributed by atoms with Crippen molar-refractivity contribution in [3.63, 3.8) is 0 Å². The fourth-order valence-electron chi connectivity index (χ4n) is 2.01. The van der Waals surface area contributed by atoms with E-state index in [1.807, 2.05) is 6.08 Å². The highest BCUT2D eigenvalue weighted by Crippen LogP contribution is 2.27. The van der Waals surface area contributed by atoms with Gasteiger partial charge in [0, 0.05) is 6.20 Å².